The van der Waals surface area contributed by atoms with Crippen molar-refractivity contribution < 1.29 is 0 Å². The molecule has 0 spiro atoms. The maximum atomic E-state index is 5.42. The van der Waals surface area contributed by atoms with E-state index >= 15 is 0 Å². The average molecular weight is 369 g/mol. The van der Waals surface area contributed by atoms with E-state index in [1.54, 1.807) is 0 Å². The number of piperidine rings is 1. The minimum Gasteiger partial charge on any atom is -0.372 e. The van der Waals surface area contributed by atoms with Gasteiger partial charge in [-0.1, -0.05) is 25.1 Å². The van der Waals surface area contributed by atoms with Crippen molar-refractivity contribution in [2.75, 3.05) is 23.3 Å². The molecule has 2 N–H and O–H groups in total. The lowest BCUT2D eigenvalue weighted by Crippen LogP contribution is -2.33. The Labute approximate surface area is 162 Å². The first kappa shape index (κ1) is 18.6. The van der Waals surface area contributed by atoms with E-state index < -0.39 is 0 Å². The molecule has 0 aliphatic carbocycles. The van der Waals surface area contributed by atoms with Crippen LogP contribution in [0.15, 0.2) is 42.5 Å². The van der Waals surface area contributed by atoms with Gasteiger partial charge in [0.05, 0.1) is 6.04 Å². The number of hydrogen-bond acceptors (Lipinski definition) is 3. The summed E-state index contributed by atoms with van der Waals surface area (Å²) in [6.07, 6.45) is 2.57. The van der Waals surface area contributed by atoms with E-state index in [1.165, 1.54) is 24.1 Å². The highest BCUT2D eigenvalue weighted by Gasteiger charge is 2.16. The van der Waals surface area contributed by atoms with Crippen LogP contribution < -0.4 is 15.5 Å². The molecule has 2 aromatic rings. The fraction of sp³-hybridized carbons (Fsp3) is 0.429. The van der Waals surface area contributed by atoms with Gasteiger partial charge in [0.25, 0.3) is 0 Å². The van der Waals surface area contributed by atoms with Gasteiger partial charge in [-0.2, -0.15) is 0 Å². The van der Waals surface area contributed by atoms with Crippen molar-refractivity contribution in [2.24, 2.45) is 5.92 Å². The summed E-state index contributed by atoms with van der Waals surface area (Å²) in [7, 11) is 0. The zero-order valence-electron chi connectivity index (χ0n) is 15.8. The van der Waals surface area contributed by atoms with E-state index in [9.17, 15) is 0 Å². The van der Waals surface area contributed by atoms with Crippen LogP contribution in [0.4, 0.5) is 11.5 Å². The summed E-state index contributed by atoms with van der Waals surface area (Å²) >= 11 is 5.42. The Balaban J connectivity index is 1.56. The maximum Gasteiger partial charge on any atom is 0.172 e. The molecule has 4 nitrogen and oxygen atoms in total. The summed E-state index contributed by atoms with van der Waals surface area (Å²) in [4.78, 5) is 6.90. The Hall–Kier alpha value is -2.14. The molecule has 1 aliphatic heterocycles. The summed E-state index contributed by atoms with van der Waals surface area (Å²) in [5.74, 6) is 1.62. The second kappa shape index (κ2) is 8.49. The summed E-state index contributed by atoms with van der Waals surface area (Å²) in [6, 6.07) is 14.8. The zero-order chi connectivity index (χ0) is 18.5. The summed E-state index contributed by atoms with van der Waals surface area (Å²) in [6.45, 7) is 8.75. The van der Waals surface area contributed by atoms with Crippen LogP contribution in [0, 0.1) is 12.8 Å². The highest BCUT2D eigenvalue weighted by molar-refractivity contribution is 7.80. The molecule has 1 aliphatic rings. The first-order valence-electron chi connectivity index (χ1n) is 9.37. The third kappa shape index (κ3) is 4.94. The monoisotopic (exact) mass is 368 g/mol. The van der Waals surface area contributed by atoms with E-state index in [1.807, 2.05) is 25.1 Å². The number of rotatable bonds is 4. The Morgan fingerprint density at radius 1 is 1.15 bits per heavy atom. The molecule has 1 atom stereocenters. The van der Waals surface area contributed by atoms with Gasteiger partial charge in [-0.3, -0.25) is 0 Å². The number of hydrogen-bond donors (Lipinski definition) is 2. The van der Waals surface area contributed by atoms with Crippen LogP contribution in [0.2, 0.25) is 0 Å². The molecule has 3 rings (SSSR count). The molecule has 1 fully saturated rings. The highest BCUT2D eigenvalue weighted by atomic mass is 32.1. The van der Waals surface area contributed by atoms with E-state index in [-0.39, 0.29) is 6.04 Å². The number of aromatic nitrogens is 1. The standard InChI is InChI=1S/C21H28N4S/c1-15-11-13-25(14-12-15)19-9-7-18(8-10-19)17(3)23-21(26)24-20-6-4-5-16(2)22-20/h4-10,15,17H,11-14H2,1-3H3,(H2,22,23,24,26)/t17-/m1/s1. The fourth-order valence-electron chi connectivity index (χ4n) is 3.29. The summed E-state index contributed by atoms with van der Waals surface area (Å²) in [5, 5.41) is 7.07. The molecule has 0 unspecified atom stereocenters. The number of aryl methyl sites for hydroxylation is 1. The molecule has 0 bridgehead atoms. The van der Waals surface area contributed by atoms with Crippen molar-refractivity contribution in [3.63, 3.8) is 0 Å². The van der Waals surface area contributed by atoms with E-state index in [0.717, 1.165) is 30.5 Å². The zero-order valence-corrected chi connectivity index (χ0v) is 16.6. The molecular weight excluding hydrogens is 340 g/mol. The van der Waals surface area contributed by atoms with Gasteiger partial charge in [0.2, 0.25) is 0 Å². The molecule has 1 saturated heterocycles. The first-order valence-corrected chi connectivity index (χ1v) is 9.78. The second-order valence-electron chi connectivity index (χ2n) is 7.25. The molecule has 1 aromatic carbocycles. The second-order valence-corrected chi connectivity index (χ2v) is 7.65. The van der Waals surface area contributed by atoms with Gasteiger partial charge >= 0.3 is 0 Å². The molecule has 1 aromatic heterocycles. The lowest BCUT2D eigenvalue weighted by Gasteiger charge is -2.32. The van der Waals surface area contributed by atoms with Crippen LogP contribution >= 0.6 is 12.2 Å². The van der Waals surface area contributed by atoms with E-state index in [4.69, 9.17) is 12.2 Å². The van der Waals surface area contributed by atoms with Crippen LogP contribution in [-0.2, 0) is 0 Å². The van der Waals surface area contributed by atoms with Gasteiger partial charge in [-0.25, -0.2) is 4.98 Å². The van der Waals surface area contributed by atoms with Gasteiger partial charge in [0.15, 0.2) is 5.11 Å². The van der Waals surface area contributed by atoms with Crippen molar-refractivity contribution in [1.29, 1.82) is 0 Å². The third-order valence-corrected chi connectivity index (χ3v) is 5.24. The number of nitrogens with zero attached hydrogens (tertiary/aromatic N) is 2. The number of nitrogens with one attached hydrogen (secondary N) is 2. The van der Waals surface area contributed by atoms with Gasteiger partial charge in [-0.15, -0.1) is 0 Å². The van der Waals surface area contributed by atoms with Gasteiger partial charge < -0.3 is 15.5 Å². The van der Waals surface area contributed by atoms with Crippen molar-refractivity contribution >= 4 is 28.8 Å². The summed E-state index contributed by atoms with van der Waals surface area (Å²) < 4.78 is 0. The predicted octanol–water partition coefficient (Wildman–Crippen LogP) is 4.67. The smallest absolute Gasteiger partial charge is 0.172 e. The fourth-order valence-corrected chi connectivity index (χ4v) is 3.57. The normalized spacial score (nSPS) is 16.2. The maximum absolute atomic E-state index is 5.42. The largest absolute Gasteiger partial charge is 0.372 e. The van der Waals surface area contributed by atoms with Crippen molar-refractivity contribution in [2.45, 2.75) is 39.7 Å². The van der Waals surface area contributed by atoms with Crippen LogP contribution in [0.1, 0.15) is 44.0 Å². The minimum atomic E-state index is 0.134. The quantitative estimate of drug-likeness (QED) is 0.767. The van der Waals surface area contributed by atoms with Gasteiger partial charge in [0.1, 0.15) is 5.82 Å². The molecule has 0 radical (unpaired) electrons. The Morgan fingerprint density at radius 3 is 2.50 bits per heavy atom. The van der Waals surface area contributed by atoms with Gasteiger partial charge in [0, 0.05) is 24.5 Å². The molecule has 0 amide bonds. The molecule has 0 saturated carbocycles. The molecule has 5 heteroatoms. The summed E-state index contributed by atoms with van der Waals surface area (Å²) in [5.41, 5.74) is 3.51. The number of anilines is 2. The minimum absolute atomic E-state index is 0.134. The van der Waals surface area contributed by atoms with Crippen LogP contribution in [0.25, 0.3) is 0 Å². The predicted molar refractivity (Wildman–Crippen MR) is 114 cm³/mol. The third-order valence-electron chi connectivity index (χ3n) is 5.02. The first-order chi connectivity index (χ1) is 12.5. The number of thiocarbonyl (C=S) groups is 1. The Bertz CT molecular complexity index is 736. The van der Waals surface area contributed by atoms with Crippen molar-refractivity contribution in [3.05, 3.63) is 53.7 Å². The lowest BCUT2D eigenvalue weighted by molar-refractivity contribution is 0.438. The highest BCUT2D eigenvalue weighted by Crippen LogP contribution is 2.24. The molecule has 26 heavy (non-hydrogen) atoms. The van der Waals surface area contributed by atoms with Crippen LogP contribution in [0.5, 0.6) is 0 Å². The molecule has 138 valence electrons. The molecule has 2 heterocycles. The van der Waals surface area contributed by atoms with Gasteiger partial charge in [-0.05, 0) is 74.7 Å². The van der Waals surface area contributed by atoms with Crippen molar-refractivity contribution in [1.82, 2.24) is 10.3 Å². The van der Waals surface area contributed by atoms with Crippen molar-refractivity contribution in [3.8, 4) is 0 Å². The number of pyridine rings is 1. The SMILES string of the molecule is Cc1cccc(NC(=S)N[C@H](C)c2ccc(N3CCC(C)CC3)cc2)n1. The lowest BCUT2D eigenvalue weighted by atomic mass is 9.98. The number of benzene rings is 1. The average Bonchev–Trinajstić information content (AvgIpc) is 2.62. The Morgan fingerprint density at radius 2 is 1.85 bits per heavy atom. The van der Waals surface area contributed by atoms with Crippen LogP contribution in [-0.4, -0.2) is 23.2 Å². The van der Waals surface area contributed by atoms with E-state index in [2.05, 4.69) is 58.6 Å². The molecular formula is C21H28N4S. The Kier molecular flexibility index (Phi) is 6.09. The van der Waals surface area contributed by atoms with Crippen LogP contribution in [0.3, 0.4) is 0 Å². The van der Waals surface area contributed by atoms with E-state index in [0.29, 0.717) is 5.11 Å². The topological polar surface area (TPSA) is 40.2 Å².